The number of aliphatic hydroxyl groups is 2. The fourth-order valence-electron chi connectivity index (χ4n) is 3.33. The lowest BCUT2D eigenvalue weighted by atomic mass is 10.1. The maximum Gasteiger partial charge on any atom is 0.347 e. The van der Waals surface area contributed by atoms with Gasteiger partial charge in [0.15, 0.2) is 18.1 Å². The first-order chi connectivity index (χ1) is 23.8. The highest BCUT2D eigenvalue weighted by Crippen LogP contribution is 2.27. The number of aromatic hydroxyl groups is 1. The van der Waals surface area contributed by atoms with Crippen LogP contribution < -0.4 is 10.1 Å². The summed E-state index contributed by atoms with van der Waals surface area (Å²) in [4.78, 5) is 42.3. The Morgan fingerprint density at radius 3 is 2.06 bits per heavy atom. The molecule has 0 spiro atoms. The number of phenolic OH excluding ortho intramolecular Hbond substituents is 1. The second-order valence-corrected chi connectivity index (χ2v) is 9.15. The SMILES string of the molecule is C#CCOCCOCCNC.C=O.COC(=O)C(CC(CCO)OC(C)=O)Oc1ccc(CO)cc1C=O.Oc1c(F)c(F)c(F)c(F)c1F. The van der Waals surface area contributed by atoms with Crippen LogP contribution in [0.1, 0.15) is 35.7 Å². The Labute approximate surface area is 285 Å². The van der Waals surface area contributed by atoms with Crippen LogP contribution in [0.15, 0.2) is 18.2 Å². The molecule has 0 heterocycles. The first-order valence-corrected chi connectivity index (χ1v) is 14.3. The molecule has 2 atom stereocenters. The predicted octanol–water partition coefficient (Wildman–Crippen LogP) is 2.39. The van der Waals surface area contributed by atoms with E-state index < -0.39 is 59.0 Å². The van der Waals surface area contributed by atoms with E-state index in [1.54, 1.807) is 6.07 Å². The van der Waals surface area contributed by atoms with E-state index in [2.05, 4.69) is 11.2 Å². The molecule has 0 saturated carbocycles. The Hall–Kier alpha value is -4.67. The number of likely N-dealkylation sites (N-methyl/N-ethyl adjacent to an activating group) is 1. The summed E-state index contributed by atoms with van der Waals surface area (Å²) in [5, 5.41) is 29.5. The quantitative estimate of drug-likeness (QED) is 0.0355. The molecular weight excluding hydrogens is 685 g/mol. The molecule has 0 aliphatic carbocycles. The number of benzene rings is 2. The van der Waals surface area contributed by atoms with E-state index >= 15 is 0 Å². The number of nitrogens with one attached hydrogen (secondary N) is 1. The van der Waals surface area contributed by atoms with Crippen LogP contribution in [-0.4, -0.2) is 106 Å². The number of hydrogen-bond donors (Lipinski definition) is 4. The number of aldehydes is 1. The normalized spacial score (nSPS) is 11.1. The van der Waals surface area contributed by atoms with Crippen LogP contribution >= 0.6 is 0 Å². The molecule has 0 aliphatic rings. The van der Waals surface area contributed by atoms with E-state index in [9.17, 15) is 36.3 Å². The van der Waals surface area contributed by atoms with Gasteiger partial charge >= 0.3 is 11.9 Å². The number of esters is 2. The zero-order valence-corrected chi connectivity index (χ0v) is 27.5. The van der Waals surface area contributed by atoms with E-state index in [1.165, 1.54) is 26.2 Å². The largest absolute Gasteiger partial charge is 0.503 e. The molecule has 13 nitrogen and oxygen atoms in total. The number of rotatable bonds is 17. The zero-order chi connectivity index (χ0) is 38.6. The summed E-state index contributed by atoms with van der Waals surface area (Å²) in [6.07, 6.45) is 3.70. The standard InChI is InChI=1S/C17H22O8.C8H15NO2.C6HF5O.CH2O/c1-11(21)24-14(5-6-18)8-16(17(22)23-2)25-15-4-3-12(9-19)7-13(15)10-20;1-3-5-10-7-8-11-6-4-9-2;7-1-2(8)4(10)6(12)5(11)3(1)9;1-2/h3-4,7,10,14,16,18-19H,5-6,8-9H2,1-2H3;1,9H,4-8H2,2H3;12H;1H2. The van der Waals surface area contributed by atoms with Gasteiger partial charge in [0.1, 0.15) is 25.2 Å². The molecule has 0 aliphatic heterocycles. The van der Waals surface area contributed by atoms with E-state index in [-0.39, 0.29) is 37.4 Å². The average molecular weight is 726 g/mol. The summed E-state index contributed by atoms with van der Waals surface area (Å²) in [7, 11) is 3.07. The summed E-state index contributed by atoms with van der Waals surface area (Å²) in [6.45, 7) is 5.89. The second kappa shape index (κ2) is 28.2. The first kappa shape index (κ1) is 47.4. The van der Waals surface area contributed by atoms with Crippen LogP contribution in [0.25, 0.3) is 0 Å². The summed E-state index contributed by atoms with van der Waals surface area (Å²) >= 11 is 0. The number of methoxy groups -OCH3 is 1. The number of aliphatic hydroxyl groups excluding tert-OH is 2. The monoisotopic (exact) mass is 725 g/mol. The topological polar surface area (TPSA) is 187 Å². The molecule has 4 N–H and O–H groups in total. The van der Waals surface area contributed by atoms with Crippen molar-refractivity contribution in [2.75, 3.05) is 53.7 Å². The minimum atomic E-state index is -2.29. The van der Waals surface area contributed by atoms with Gasteiger partial charge in [0.2, 0.25) is 29.1 Å². The van der Waals surface area contributed by atoms with Crippen molar-refractivity contribution in [3.05, 3.63) is 58.4 Å². The van der Waals surface area contributed by atoms with Gasteiger partial charge in [-0.05, 0) is 24.7 Å². The van der Waals surface area contributed by atoms with Gasteiger partial charge in [-0.15, -0.1) is 6.42 Å². The molecular formula is C32H40F5NO12. The Morgan fingerprint density at radius 1 is 1.00 bits per heavy atom. The maximum absolute atomic E-state index is 12.2. The summed E-state index contributed by atoms with van der Waals surface area (Å²) in [6, 6.07) is 4.44. The molecule has 0 radical (unpaired) electrons. The number of carbonyl (C=O) groups excluding carboxylic acids is 4. The molecule has 0 aromatic heterocycles. The highest BCUT2D eigenvalue weighted by Gasteiger charge is 2.28. The van der Waals surface area contributed by atoms with Crippen molar-refractivity contribution in [1.82, 2.24) is 5.32 Å². The van der Waals surface area contributed by atoms with Crippen molar-refractivity contribution in [3.63, 3.8) is 0 Å². The van der Waals surface area contributed by atoms with Gasteiger partial charge in [-0.1, -0.05) is 12.0 Å². The Bertz CT molecular complexity index is 1250. The van der Waals surface area contributed by atoms with Gasteiger partial charge in [0.05, 0.1) is 39.1 Å². The number of phenols is 1. The van der Waals surface area contributed by atoms with Crippen molar-refractivity contribution in [2.24, 2.45) is 0 Å². The molecule has 0 amide bonds. The molecule has 0 bridgehead atoms. The fraction of sp³-hybridized carbons (Fsp3) is 0.438. The summed E-state index contributed by atoms with van der Waals surface area (Å²) in [5.41, 5.74) is 0.675. The Balaban J connectivity index is 0. The third-order valence-electron chi connectivity index (χ3n) is 5.62. The molecule has 280 valence electrons. The van der Waals surface area contributed by atoms with Gasteiger partial charge in [0.25, 0.3) is 0 Å². The van der Waals surface area contributed by atoms with Crippen LogP contribution in [0.3, 0.4) is 0 Å². The molecule has 2 aromatic rings. The third-order valence-corrected chi connectivity index (χ3v) is 5.62. The van der Waals surface area contributed by atoms with Gasteiger partial charge in [0, 0.05) is 32.9 Å². The molecule has 50 heavy (non-hydrogen) atoms. The predicted molar refractivity (Wildman–Crippen MR) is 165 cm³/mol. The minimum Gasteiger partial charge on any atom is -0.503 e. The minimum absolute atomic E-state index is 0.0487. The number of halogens is 5. The van der Waals surface area contributed by atoms with E-state index in [1.807, 2.05) is 13.8 Å². The highest BCUT2D eigenvalue weighted by molar-refractivity contribution is 5.81. The summed E-state index contributed by atoms with van der Waals surface area (Å²) < 4.78 is 86.1. The molecule has 18 heteroatoms. The van der Waals surface area contributed by atoms with Gasteiger partial charge in [-0.3, -0.25) is 9.59 Å². The van der Waals surface area contributed by atoms with Crippen LogP contribution in [-0.2, 0) is 39.9 Å². The lowest BCUT2D eigenvalue weighted by molar-refractivity contribution is -0.156. The number of hydrogen-bond acceptors (Lipinski definition) is 13. The van der Waals surface area contributed by atoms with Gasteiger partial charge in [-0.25, -0.2) is 18.0 Å². The number of ether oxygens (including phenoxy) is 5. The lowest BCUT2D eigenvalue weighted by Gasteiger charge is -2.23. The van der Waals surface area contributed by atoms with Crippen LogP contribution in [0, 0.1) is 41.4 Å². The Morgan fingerprint density at radius 2 is 1.58 bits per heavy atom. The number of carbonyl (C=O) groups is 4. The van der Waals surface area contributed by atoms with Gasteiger partial charge in [-0.2, -0.15) is 8.78 Å². The summed E-state index contributed by atoms with van der Waals surface area (Å²) in [5.74, 6) is -11.7. The van der Waals surface area contributed by atoms with Crippen LogP contribution in [0.2, 0.25) is 0 Å². The van der Waals surface area contributed by atoms with E-state index in [0.29, 0.717) is 31.7 Å². The lowest BCUT2D eigenvalue weighted by Crippen LogP contribution is -2.34. The van der Waals surface area contributed by atoms with Crippen molar-refractivity contribution in [3.8, 4) is 23.8 Å². The zero-order valence-electron chi connectivity index (χ0n) is 27.5. The average Bonchev–Trinajstić information content (AvgIpc) is 3.12. The fourth-order valence-corrected chi connectivity index (χ4v) is 3.33. The molecule has 2 rings (SSSR count). The highest BCUT2D eigenvalue weighted by atomic mass is 19.2. The molecule has 2 aromatic carbocycles. The molecule has 0 saturated heterocycles. The van der Waals surface area contributed by atoms with Crippen LogP contribution in [0.4, 0.5) is 22.0 Å². The molecule has 2 unspecified atom stereocenters. The Kier molecular flexibility index (Phi) is 26.8. The first-order valence-electron chi connectivity index (χ1n) is 14.3. The molecule has 0 fully saturated rings. The number of terminal acetylenes is 1. The van der Waals surface area contributed by atoms with E-state index in [4.69, 9.17) is 50.2 Å². The van der Waals surface area contributed by atoms with Crippen molar-refractivity contribution in [1.29, 1.82) is 0 Å². The van der Waals surface area contributed by atoms with Gasteiger partial charge < -0.3 is 49.1 Å². The second-order valence-electron chi connectivity index (χ2n) is 9.15. The van der Waals surface area contributed by atoms with Crippen molar-refractivity contribution < 1.29 is 80.1 Å². The van der Waals surface area contributed by atoms with E-state index in [0.717, 1.165) is 13.2 Å². The van der Waals surface area contributed by atoms with Crippen molar-refractivity contribution >= 4 is 25.0 Å². The third kappa shape index (κ3) is 18.2. The van der Waals surface area contributed by atoms with Crippen molar-refractivity contribution in [2.45, 2.75) is 38.6 Å². The van der Waals surface area contributed by atoms with Crippen LogP contribution in [0.5, 0.6) is 11.5 Å². The maximum atomic E-state index is 12.2. The smallest absolute Gasteiger partial charge is 0.347 e.